The molecule has 1 saturated carbocycles. The molecule has 1 aromatic heterocycles. The fourth-order valence-electron chi connectivity index (χ4n) is 2.42. The van der Waals surface area contributed by atoms with Crippen LogP contribution >= 0.6 is 0 Å². The first-order valence-corrected chi connectivity index (χ1v) is 5.71. The summed E-state index contributed by atoms with van der Waals surface area (Å²) in [5, 5.41) is 9.14. The molecule has 0 saturated heterocycles. The number of H-pyrrole nitrogens is 1. The van der Waals surface area contributed by atoms with Gasteiger partial charge in [-0.25, -0.2) is 4.79 Å². The number of aryl methyl sites for hydroxylation is 1. The van der Waals surface area contributed by atoms with Crippen LogP contribution < -0.4 is 17.0 Å². The Morgan fingerprint density at radius 2 is 2.24 bits per heavy atom. The van der Waals surface area contributed by atoms with E-state index in [2.05, 4.69) is 4.98 Å². The number of nitrogens with two attached hydrogens (primary N) is 1. The Bertz CT molecular complexity index is 519. The summed E-state index contributed by atoms with van der Waals surface area (Å²) in [5.41, 5.74) is 5.63. The number of rotatable bonds is 2. The third-order valence-corrected chi connectivity index (χ3v) is 3.50. The molecule has 1 aliphatic rings. The molecule has 1 aliphatic carbocycles. The van der Waals surface area contributed by atoms with Crippen LogP contribution in [0.15, 0.2) is 15.8 Å². The van der Waals surface area contributed by atoms with Gasteiger partial charge >= 0.3 is 5.69 Å². The molecule has 17 heavy (non-hydrogen) atoms. The van der Waals surface area contributed by atoms with Gasteiger partial charge in [0.15, 0.2) is 0 Å². The van der Waals surface area contributed by atoms with Crippen LogP contribution in [0.25, 0.3) is 0 Å². The molecule has 0 amide bonds. The standard InChI is InChI=1S/C11H17N3O3/c1-6-4-14(11(17)13-10(6)16)8-2-7(5-15)9(12)3-8/h4,7-9,15H,2-3,5,12H2,1H3,(H,13,16,17)/t7-,8-,9+/m0/s1. The Morgan fingerprint density at radius 1 is 1.53 bits per heavy atom. The number of aliphatic hydroxyl groups excluding tert-OH is 1. The number of aromatic amines is 1. The molecule has 0 spiro atoms. The second-order valence-corrected chi connectivity index (χ2v) is 4.71. The minimum atomic E-state index is -0.406. The van der Waals surface area contributed by atoms with E-state index in [0.29, 0.717) is 18.4 Å². The Morgan fingerprint density at radius 3 is 2.82 bits per heavy atom. The van der Waals surface area contributed by atoms with Gasteiger partial charge in [-0.05, 0) is 25.7 Å². The molecule has 1 aromatic rings. The number of aromatic nitrogens is 2. The van der Waals surface area contributed by atoms with Gasteiger partial charge in [-0.3, -0.25) is 14.3 Å². The zero-order chi connectivity index (χ0) is 12.6. The zero-order valence-electron chi connectivity index (χ0n) is 9.72. The molecule has 4 N–H and O–H groups in total. The molecule has 2 rings (SSSR count). The molecule has 3 atom stereocenters. The van der Waals surface area contributed by atoms with Crippen molar-refractivity contribution in [2.45, 2.75) is 31.8 Å². The van der Waals surface area contributed by atoms with Gasteiger partial charge < -0.3 is 10.8 Å². The minimum absolute atomic E-state index is 0.0270. The van der Waals surface area contributed by atoms with Crippen molar-refractivity contribution in [3.63, 3.8) is 0 Å². The fraction of sp³-hybridized carbons (Fsp3) is 0.636. The SMILES string of the molecule is Cc1cn([C@H]2C[C@@H](CO)[C@H](N)C2)c(=O)[nH]c1=O. The van der Waals surface area contributed by atoms with E-state index in [1.165, 1.54) is 4.57 Å². The van der Waals surface area contributed by atoms with Crippen LogP contribution in [0.5, 0.6) is 0 Å². The van der Waals surface area contributed by atoms with Gasteiger partial charge in [-0.2, -0.15) is 0 Å². The molecular formula is C11H17N3O3. The second-order valence-electron chi connectivity index (χ2n) is 4.71. The lowest BCUT2D eigenvalue weighted by atomic mass is 10.1. The lowest BCUT2D eigenvalue weighted by Crippen LogP contribution is -2.33. The van der Waals surface area contributed by atoms with Crippen molar-refractivity contribution in [1.82, 2.24) is 9.55 Å². The molecule has 0 bridgehead atoms. The molecule has 0 aromatic carbocycles. The van der Waals surface area contributed by atoms with E-state index in [4.69, 9.17) is 10.8 Å². The molecule has 1 fully saturated rings. The second kappa shape index (κ2) is 4.46. The number of aliphatic hydroxyl groups is 1. The predicted molar refractivity (Wildman–Crippen MR) is 62.9 cm³/mol. The molecule has 6 heteroatoms. The third kappa shape index (κ3) is 2.18. The van der Waals surface area contributed by atoms with Crippen molar-refractivity contribution < 1.29 is 5.11 Å². The summed E-state index contributed by atoms with van der Waals surface area (Å²) in [5.74, 6) is 0.0270. The third-order valence-electron chi connectivity index (χ3n) is 3.50. The first-order valence-electron chi connectivity index (χ1n) is 5.71. The van der Waals surface area contributed by atoms with Crippen LogP contribution in [-0.4, -0.2) is 27.3 Å². The highest BCUT2D eigenvalue weighted by molar-refractivity contribution is 5.03. The van der Waals surface area contributed by atoms with Crippen LogP contribution in [-0.2, 0) is 0 Å². The molecule has 0 unspecified atom stereocenters. The van der Waals surface area contributed by atoms with Gasteiger partial charge in [-0.1, -0.05) is 0 Å². The summed E-state index contributed by atoms with van der Waals surface area (Å²) in [6, 6.07) is -0.130. The van der Waals surface area contributed by atoms with Crippen molar-refractivity contribution in [2.75, 3.05) is 6.61 Å². The summed E-state index contributed by atoms with van der Waals surface area (Å²) in [7, 11) is 0. The molecule has 1 heterocycles. The van der Waals surface area contributed by atoms with Crippen molar-refractivity contribution in [3.05, 3.63) is 32.6 Å². The maximum atomic E-state index is 11.7. The quantitative estimate of drug-likeness (QED) is 0.623. The van der Waals surface area contributed by atoms with E-state index in [-0.39, 0.29) is 30.2 Å². The average Bonchev–Trinajstić information content (AvgIpc) is 2.65. The zero-order valence-corrected chi connectivity index (χ0v) is 9.72. The summed E-state index contributed by atoms with van der Waals surface area (Å²) in [4.78, 5) is 25.2. The summed E-state index contributed by atoms with van der Waals surface area (Å²) in [6.45, 7) is 1.70. The van der Waals surface area contributed by atoms with Crippen LogP contribution in [0.3, 0.4) is 0 Å². The predicted octanol–water partition coefficient (Wildman–Crippen LogP) is -0.884. The van der Waals surface area contributed by atoms with E-state index in [0.717, 1.165) is 0 Å². The Labute approximate surface area is 98.1 Å². The van der Waals surface area contributed by atoms with Crippen LogP contribution in [0.1, 0.15) is 24.4 Å². The van der Waals surface area contributed by atoms with E-state index in [9.17, 15) is 9.59 Å². The highest BCUT2D eigenvalue weighted by atomic mass is 16.3. The number of hydrogen-bond acceptors (Lipinski definition) is 4. The lowest BCUT2D eigenvalue weighted by Gasteiger charge is -2.13. The van der Waals surface area contributed by atoms with E-state index in [1.807, 2.05) is 0 Å². The largest absolute Gasteiger partial charge is 0.396 e. The minimum Gasteiger partial charge on any atom is -0.396 e. The normalized spacial score (nSPS) is 28.5. The molecule has 94 valence electrons. The van der Waals surface area contributed by atoms with Gasteiger partial charge in [0.1, 0.15) is 0 Å². The van der Waals surface area contributed by atoms with Gasteiger partial charge in [0.25, 0.3) is 5.56 Å². The van der Waals surface area contributed by atoms with Crippen molar-refractivity contribution in [1.29, 1.82) is 0 Å². The van der Waals surface area contributed by atoms with Gasteiger partial charge in [-0.15, -0.1) is 0 Å². The van der Waals surface area contributed by atoms with Crippen molar-refractivity contribution >= 4 is 0 Å². The van der Waals surface area contributed by atoms with Crippen LogP contribution in [0, 0.1) is 12.8 Å². The average molecular weight is 239 g/mol. The Balaban J connectivity index is 2.34. The first kappa shape index (κ1) is 12.1. The fourth-order valence-corrected chi connectivity index (χ4v) is 2.42. The summed E-state index contributed by atoms with van der Waals surface area (Å²) >= 11 is 0. The summed E-state index contributed by atoms with van der Waals surface area (Å²) < 4.78 is 1.52. The number of hydrogen-bond donors (Lipinski definition) is 3. The maximum Gasteiger partial charge on any atom is 0.328 e. The Kier molecular flexibility index (Phi) is 3.17. The smallest absolute Gasteiger partial charge is 0.328 e. The van der Waals surface area contributed by atoms with Crippen LogP contribution in [0.2, 0.25) is 0 Å². The van der Waals surface area contributed by atoms with Gasteiger partial charge in [0, 0.05) is 30.5 Å². The van der Waals surface area contributed by atoms with E-state index in [1.54, 1.807) is 13.1 Å². The van der Waals surface area contributed by atoms with Gasteiger partial charge in [0.05, 0.1) is 0 Å². The van der Waals surface area contributed by atoms with Crippen molar-refractivity contribution in [2.24, 2.45) is 11.7 Å². The number of nitrogens with zero attached hydrogens (tertiary/aromatic N) is 1. The summed E-state index contributed by atoms with van der Waals surface area (Å²) in [6.07, 6.45) is 2.89. The van der Waals surface area contributed by atoms with Crippen molar-refractivity contribution in [3.8, 4) is 0 Å². The molecule has 6 nitrogen and oxygen atoms in total. The van der Waals surface area contributed by atoms with Crippen LogP contribution in [0.4, 0.5) is 0 Å². The topological polar surface area (TPSA) is 101 Å². The van der Waals surface area contributed by atoms with E-state index >= 15 is 0 Å². The highest BCUT2D eigenvalue weighted by Gasteiger charge is 2.32. The molecular weight excluding hydrogens is 222 g/mol. The highest BCUT2D eigenvalue weighted by Crippen LogP contribution is 2.32. The Hall–Kier alpha value is -1.40. The first-order chi connectivity index (χ1) is 8.02. The number of nitrogens with one attached hydrogen (secondary N) is 1. The van der Waals surface area contributed by atoms with Gasteiger partial charge in [0.2, 0.25) is 0 Å². The van der Waals surface area contributed by atoms with E-state index < -0.39 is 5.69 Å². The lowest BCUT2D eigenvalue weighted by molar-refractivity contribution is 0.215. The maximum absolute atomic E-state index is 11.7. The molecule has 0 radical (unpaired) electrons. The molecule has 0 aliphatic heterocycles. The monoisotopic (exact) mass is 239 g/mol.